The molecule has 4 aromatic rings. The Kier molecular flexibility index (Phi) is 6.48. The molecule has 2 saturated heterocycles. The van der Waals surface area contributed by atoms with Gasteiger partial charge in [0.15, 0.2) is 17.0 Å². The van der Waals surface area contributed by atoms with Crippen molar-refractivity contribution >= 4 is 40.6 Å². The van der Waals surface area contributed by atoms with E-state index in [1.165, 1.54) is 12.0 Å². The fourth-order valence-corrected chi connectivity index (χ4v) is 5.89. The first kappa shape index (κ1) is 27.1. The van der Waals surface area contributed by atoms with Gasteiger partial charge in [0, 0.05) is 68.5 Å². The number of methoxy groups -OCH3 is 1. The summed E-state index contributed by atoms with van der Waals surface area (Å²) in [5.41, 5.74) is 0.786. The number of urea groups is 1. The molecule has 1 aromatic carbocycles. The van der Waals surface area contributed by atoms with Gasteiger partial charge in [0.05, 0.1) is 19.9 Å². The number of imide groups is 1. The van der Waals surface area contributed by atoms with Crippen molar-refractivity contribution in [1.82, 2.24) is 35.4 Å². The largest absolute Gasteiger partial charge is 0.497 e. The minimum atomic E-state index is -1.69. The number of rotatable bonds is 6. The van der Waals surface area contributed by atoms with Gasteiger partial charge in [-0.2, -0.15) is 0 Å². The normalized spacial score (nSPS) is 20.2. The summed E-state index contributed by atoms with van der Waals surface area (Å²) < 4.78 is 11.4. The van der Waals surface area contributed by atoms with Gasteiger partial charge in [-0.25, -0.2) is 9.78 Å². The highest BCUT2D eigenvalue weighted by molar-refractivity contribution is 6.08. The first-order valence-corrected chi connectivity index (χ1v) is 13.9. The zero-order chi connectivity index (χ0) is 30.4. The van der Waals surface area contributed by atoms with Gasteiger partial charge in [0.1, 0.15) is 22.8 Å². The number of oxime groups is 1. The van der Waals surface area contributed by atoms with Crippen LogP contribution in [0.1, 0.15) is 27.2 Å². The smallest absolute Gasteiger partial charge is 0.322 e. The number of pyridine rings is 1. The van der Waals surface area contributed by atoms with E-state index in [9.17, 15) is 19.6 Å². The topological polar surface area (TPSA) is 179 Å². The van der Waals surface area contributed by atoms with E-state index in [2.05, 4.69) is 35.6 Å². The van der Waals surface area contributed by atoms with Gasteiger partial charge in [-0.05, 0) is 23.8 Å². The fourth-order valence-electron chi connectivity index (χ4n) is 5.89. The van der Waals surface area contributed by atoms with Crippen LogP contribution < -0.4 is 20.3 Å². The Morgan fingerprint density at radius 1 is 1.09 bits per heavy atom. The molecule has 3 aliphatic rings. The van der Waals surface area contributed by atoms with E-state index < -0.39 is 17.5 Å². The van der Waals surface area contributed by atoms with Crippen molar-refractivity contribution in [3.05, 3.63) is 77.6 Å². The molecule has 224 valence electrons. The van der Waals surface area contributed by atoms with Crippen LogP contribution in [0.5, 0.6) is 5.75 Å². The van der Waals surface area contributed by atoms with Crippen LogP contribution in [0.3, 0.4) is 0 Å². The van der Waals surface area contributed by atoms with Crippen LogP contribution >= 0.6 is 0 Å². The van der Waals surface area contributed by atoms with Crippen molar-refractivity contribution in [2.45, 2.75) is 12.1 Å². The second-order valence-corrected chi connectivity index (χ2v) is 10.7. The van der Waals surface area contributed by atoms with Gasteiger partial charge < -0.3 is 34.4 Å². The van der Waals surface area contributed by atoms with Gasteiger partial charge in [0.25, 0.3) is 11.8 Å². The second kappa shape index (κ2) is 10.5. The van der Waals surface area contributed by atoms with Crippen molar-refractivity contribution in [3.63, 3.8) is 0 Å². The zero-order valence-electron chi connectivity index (χ0n) is 23.6. The van der Waals surface area contributed by atoms with Crippen LogP contribution in [-0.4, -0.2) is 93.5 Å². The quantitative estimate of drug-likeness (QED) is 0.0958. The lowest BCUT2D eigenvalue weighted by molar-refractivity contribution is -0.125. The summed E-state index contributed by atoms with van der Waals surface area (Å²) in [5.74, 6) is 0.791. The van der Waals surface area contributed by atoms with E-state index in [0.29, 0.717) is 60.0 Å². The summed E-state index contributed by atoms with van der Waals surface area (Å²) in [4.78, 5) is 57.5. The predicted octanol–water partition coefficient (Wildman–Crippen LogP) is 1.28. The molecular weight excluding hydrogens is 570 g/mol. The molecule has 3 N–H and O–H groups in total. The summed E-state index contributed by atoms with van der Waals surface area (Å²) in [6.45, 7) is 2.47. The monoisotopic (exact) mass is 597 g/mol. The molecule has 6 heterocycles. The zero-order valence-corrected chi connectivity index (χ0v) is 23.6. The van der Waals surface area contributed by atoms with E-state index in [0.717, 1.165) is 11.4 Å². The number of amidine groups is 1. The number of fused-ring (bicyclic) bond motifs is 2. The number of ether oxygens (including phenoxy) is 1. The lowest BCUT2D eigenvalue weighted by atomic mass is 9.95. The third-order valence-electron chi connectivity index (χ3n) is 8.16. The van der Waals surface area contributed by atoms with Crippen molar-refractivity contribution in [2.24, 2.45) is 5.16 Å². The molecule has 0 aliphatic carbocycles. The molecule has 15 nitrogen and oxygen atoms in total. The Bertz CT molecular complexity index is 1820. The number of carbonyl (C=O) groups excluding carboxylic acids is 3. The third-order valence-corrected chi connectivity index (χ3v) is 8.16. The van der Waals surface area contributed by atoms with E-state index in [1.807, 2.05) is 4.90 Å². The molecule has 0 radical (unpaired) electrons. The van der Waals surface area contributed by atoms with Crippen molar-refractivity contribution in [3.8, 4) is 5.75 Å². The van der Waals surface area contributed by atoms with Gasteiger partial charge in [-0.1, -0.05) is 11.2 Å². The summed E-state index contributed by atoms with van der Waals surface area (Å²) in [6.07, 6.45) is 6.53. The van der Waals surface area contributed by atoms with E-state index >= 15 is 0 Å². The number of piperazine rings is 1. The summed E-state index contributed by atoms with van der Waals surface area (Å²) >= 11 is 0. The number of hydrogen-bond donors (Lipinski definition) is 3. The molecule has 44 heavy (non-hydrogen) atoms. The molecule has 0 spiro atoms. The van der Waals surface area contributed by atoms with Crippen LogP contribution in [0.4, 0.5) is 10.6 Å². The Labute approximate surface area is 250 Å². The number of amides is 4. The summed E-state index contributed by atoms with van der Waals surface area (Å²) in [7, 11) is 1.52. The molecule has 0 saturated carbocycles. The molecule has 15 heteroatoms. The van der Waals surface area contributed by atoms with Crippen LogP contribution in [0, 0.1) is 0 Å². The number of benzene rings is 1. The number of hydrogen-bond acceptors (Lipinski definition) is 11. The molecule has 4 amide bonds. The highest BCUT2D eigenvalue weighted by Crippen LogP contribution is 2.35. The predicted molar refractivity (Wildman–Crippen MR) is 154 cm³/mol. The van der Waals surface area contributed by atoms with E-state index in [-0.39, 0.29) is 24.8 Å². The first-order chi connectivity index (χ1) is 21.4. The maximum Gasteiger partial charge on any atom is 0.322 e. The highest BCUT2D eigenvalue weighted by atomic mass is 16.5. The number of carbonyl (C=O) groups is 3. The van der Waals surface area contributed by atoms with E-state index in [1.54, 1.807) is 55.1 Å². The molecule has 2 fully saturated rings. The maximum atomic E-state index is 13.3. The molecule has 1 atom stereocenters. The maximum absolute atomic E-state index is 13.3. The summed E-state index contributed by atoms with van der Waals surface area (Å²) in [5, 5.41) is 18.5. The lowest BCUT2D eigenvalue weighted by Crippen LogP contribution is -2.52. The molecule has 3 aliphatic heterocycles. The lowest BCUT2D eigenvalue weighted by Gasteiger charge is -2.36. The third kappa shape index (κ3) is 4.49. The average molecular weight is 598 g/mol. The minimum Gasteiger partial charge on any atom is -0.497 e. The number of aromatic nitrogens is 3. The average Bonchev–Trinajstić information content (AvgIpc) is 3.71. The standard InChI is InChI=1S/C29H27N9O6/c1-43-19-3-2-17-15-38(26(39)20(17)11-19)16-29(27(40)33-28(41)34-29)23-12-21-22(44-23)10-18(13-32-21)25(35-42)37-8-6-36(7-9-37)24-14-30-4-5-31-24/h2-5,10-14,42H,6-9,15-16H2,1H3,(H2,33,34,40,41)/t29-/m0/s1. The Hall–Kier alpha value is -5.73. The molecular formula is C29H27N9O6. The van der Waals surface area contributed by atoms with Crippen LogP contribution in [-0.2, 0) is 16.9 Å². The fraction of sp³-hybridized carbons (Fsp3) is 0.276. The number of anilines is 1. The highest BCUT2D eigenvalue weighted by Gasteiger charge is 2.53. The van der Waals surface area contributed by atoms with E-state index in [4.69, 9.17) is 9.15 Å². The van der Waals surface area contributed by atoms with Crippen molar-refractivity contribution in [1.29, 1.82) is 0 Å². The Morgan fingerprint density at radius 2 is 1.93 bits per heavy atom. The molecule has 0 bridgehead atoms. The van der Waals surface area contributed by atoms with Crippen LogP contribution in [0.2, 0.25) is 0 Å². The molecule has 3 aromatic heterocycles. The van der Waals surface area contributed by atoms with Gasteiger partial charge in [-0.3, -0.25) is 24.9 Å². The Morgan fingerprint density at radius 3 is 2.64 bits per heavy atom. The second-order valence-electron chi connectivity index (χ2n) is 10.7. The number of furan rings is 1. The SMILES string of the molecule is COc1ccc2c(c1)C(=O)N(C[C@@]1(c3cc4ncc(C(=NO)N5CCN(c6cnccn6)CC5)cc4o3)NC(=O)NC1=O)C2. The summed E-state index contributed by atoms with van der Waals surface area (Å²) in [6, 6.07) is 7.75. The first-order valence-electron chi connectivity index (χ1n) is 13.9. The minimum absolute atomic E-state index is 0.113. The van der Waals surface area contributed by atoms with Crippen LogP contribution in [0.25, 0.3) is 11.1 Å². The van der Waals surface area contributed by atoms with Gasteiger partial charge >= 0.3 is 6.03 Å². The van der Waals surface area contributed by atoms with Gasteiger partial charge in [-0.15, -0.1) is 0 Å². The van der Waals surface area contributed by atoms with Gasteiger partial charge in [0.2, 0.25) is 0 Å². The number of nitrogens with zero attached hydrogens (tertiary/aromatic N) is 7. The van der Waals surface area contributed by atoms with Crippen molar-refractivity contribution < 1.29 is 28.7 Å². The Balaban J connectivity index is 1.15. The number of nitrogens with one attached hydrogen (secondary N) is 2. The van der Waals surface area contributed by atoms with Crippen LogP contribution in [0.15, 0.2) is 64.7 Å². The van der Waals surface area contributed by atoms with Crippen molar-refractivity contribution in [2.75, 3.05) is 44.7 Å². The molecule has 0 unspecified atom stereocenters. The molecule has 7 rings (SSSR count).